The SMILES string of the molecule is COc1cc(NC(=O)N(Cc2ccccc2)C(C)C(=O)O)cc(OC)c1OC. The first-order valence-electron chi connectivity index (χ1n) is 8.55. The number of carbonyl (C=O) groups is 2. The van der Waals surface area contributed by atoms with E-state index in [1.807, 2.05) is 30.3 Å². The lowest BCUT2D eigenvalue weighted by molar-refractivity contribution is -0.141. The Balaban J connectivity index is 2.31. The highest BCUT2D eigenvalue weighted by atomic mass is 16.5. The van der Waals surface area contributed by atoms with E-state index >= 15 is 0 Å². The molecule has 2 rings (SSSR count). The van der Waals surface area contributed by atoms with Crippen LogP contribution in [0.1, 0.15) is 12.5 Å². The van der Waals surface area contributed by atoms with E-state index in [4.69, 9.17) is 14.2 Å². The minimum absolute atomic E-state index is 0.143. The van der Waals surface area contributed by atoms with Crippen LogP contribution in [0.15, 0.2) is 42.5 Å². The topological polar surface area (TPSA) is 97.3 Å². The first-order chi connectivity index (χ1) is 13.4. The molecule has 1 unspecified atom stereocenters. The Kier molecular flexibility index (Phi) is 7.08. The maximum Gasteiger partial charge on any atom is 0.326 e. The number of hydrogen-bond donors (Lipinski definition) is 2. The molecule has 0 aliphatic rings. The molecule has 0 radical (unpaired) electrons. The third-order valence-corrected chi connectivity index (χ3v) is 4.20. The Bertz CT molecular complexity index is 800. The van der Waals surface area contributed by atoms with Crippen molar-refractivity contribution in [1.82, 2.24) is 4.90 Å². The molecule has 1 atom stereocenters. The number of aliphatic carboxylic acids is 1. The number of nitrogens with zero attached hydrogens (tertiary/aromatic N) is 1. The second-order valence-electron chi connectivity index (χ2n) is 5.97. The van der Waals surface area contributed by atoms with E-state index in [0.29, 0.717) is 22.9 Å². The summed E-state index contributed by atoms with van der Waals surface area (Å²) in [4.78, 5) is 25.6. The zero-order valence-corrected chi connectivity index (χ0v) is 16.3. The van der Waals surface area contributed by atoms with Crippen LogP contribution in [0.5, 0.6) is 17.2 Å². The first-order valence-corrected chi connectivity index (χ1v) is 8.55. The lowest BCUT2D eigenvalue weighted by Gasteiger charge is -2.27. The number of rotatable bonds is 8. The van der Waals surface area contributed by atoms with Crippen LogP contribution in [-0.4, -0.2) is 49.4 Å². The van der Waals surface area contributed by atoms with Crippen molar-refractivity contribution in [3.8, 4) is 17.2 Å². The molecule has 150 valence electrons. The molecule has 0 aliphatic heterocycles. The van der Waals surface area contributed by atoms with Crippen LogP contribution in [0.4, 0.5) is 10.5 Å². The predicted molar refractivity (Wildman–Crippen MR) is 104 cm³/mol. The van der Waals surface area contributed by atoms with Crippen molar-refractivity contribution in [3.05, 3.63) is 48.0 Å². The predicted octanol–water partition coefficient (Wildman–Crippen LogP) is 3.22. The van der Waals surface area contributed by atoms with E-state index < -0.39 is 18.0 Å². The van der Waals surface area contributed by atoms with E-state index in [2.05, 4.69) is 5.32 Å². The minimum atomic E-state index is -1.10. The van der Waals surface area contributed by atoms with E-state index in [1.165, 1.54) is 33.2 Å². The van der Waals surface area contributed by atoms with E-state index in [0.717, 1.165) is 5.56 Å². The van der Waals surface area contributed by atoms with Crippen molar-refractivity contribution in [3.63, 3.8) is 0 Å². The van der Waals surface area contributed by atoms with Gasteiger partial charge in [-0.1, -0.05) is 30.3 Å². The van der Waals surface area contributed by atoms with Crippen LogP contribution in [0, 0.1) is 0 Å². The quantitative estimate of drug-likeness (QED) is 0.721. The third-order valence-electron chi connectivity index (χ3n) is 4.20. The summed E-state index contributed by atoms with van der Waals surface area (Å²) in [6, 6.07) is 10.7. The van der Waals surface area contributed by atoms with Crippen LogP contribution in [-0.2, 0) is 11.3 Å². The average molecular weight is 388 g/mol. The molecule has 0 bridgehead atoms. The summed E-state index contributed by atoms with van der Waals surface area (Å²) in [5, 5.41) is 12.1. The molecule has 0 fully saturated rings. The summed E-state index contributed by atoms with van der Waals surface area (Å²) in [6.07, 6.45) is 0. The number of anilines is 1. The van der Waals surface area contributed by atoms with Crippen molar-refractivity contribution in [2.75, 3.05) is 26.6 Å². The zero-order chi connectivity index (χ0) is 20.7. The Labute approximate surface area is 163 Å². The van der Waals surface area contributed by atoms with Crippen LogP contribution < -0.4 is 19.5 Å². The highest BCUT2D eigenvalue weighted by Crippen LogP contribution is 2.40. The van der Waals surface area contributed by atoms with E-state index in [9.17, 15) is 14.7 Å². The smallest absolute Gasteiger partial charge is 0.326 e. The average Bonchev–Trinajstić information content (AvgIpc) is 2.71. The Hall–Kier alpha value is -3.42. The summed E-state index contributed by atoms with van der Waals surface area (Å²) in [6.45, 7) is 1.60. The fourth-order valence-corrected chi connectivity index (χ4v) is 2.65. The summed E-state index contributed by atoms with van der Waals surface area (Å²) in [5.41, 5.74) is 1.20. The van der Waals surface area contributed by atoms with Gasteiger partial charge in [-0.15, -0.1) is 0 Å². The van der Waals surface area contributed by atoms with Crippen LogP contribution >= 0.6 is 0 Å². The normalized spacial score (nSPS) is 11.3. The van der Waals surface area contributed by atoms with Crippen molar-refractivity contribution >= 4 is 17.7 Å². The second-order valence-corrected chi connectivity index (χ2v) is 5.97. The van der Waals surface area contributed by atoms with Crippen molar-refractivity contribution in [2.24, 2.45) is 0 Å². The number of amides is 2. The Morgan fingerprint density at radius 2 is 1.61 bits per heavy atom. The van der Waals surface area contributed by atoms with Crippen LogP contribution in [0.3, 0.4) is 0 Å². The molecule has 8 heteroatoms. The molecule has 0 heterocycles. The van der Waals surface area contributed by atoms with Crippen LogP contribution in [0.25, 0.3) is 0 Å². The molecular formula is C20H24N2O6. The minimum Gasteiger partial charge on any atom is -0.493 e. The van der Waals surface area contributed by atoms with Gasteiger partial charge in [0.05, 0.1) is 27.0 Å². The van der Waals surface area contributed by atoms with Gasteiger partial charge in [0, 0.05) is 18.7 Å². The lowest BCUT2D eigenvalue weighted by atomic mass is 10.2. The third kappa shape index (κ3) is 4.85. The fourth-order valence-electron chi connectivity index (χ4n) is 2.65. The molecule has 0 aromatic heterocycles. The fraction of sp³-hybridized carbons (Fsp3) is 0.300. The summed E-state index contributed by atoms with van der Waals surface area (Å²) >= 11 is 0. The Morgan fingerprint density at radius 3 is 2.07 bits per heavy atom. The molecule has 0 spiro atoms. The van der Waals surface area contributed by atoms with E-state index in [1.54, 1.807) is 12.1 Å². The summed E-state index contributed by atoms with van der Waals surface area (Å²) in [5.74, 6) is 0.0371. The standard InChI is InChI=1S/C20H24N2O6/c1-13(19(23)24)22(12-14-8-6-5-7-9-14)20(25)21-15-10-16(26-2)18(28-4)17(11-15)27-3/h5-11,13H,12H2,1-4H3,(H,21,25)(H,23,24). The number of methoxy groups -OCH3 is 3. The maximum atomic E-state index is 12.9. The van der Waals surface area contributed by atoms with Gasteiger partial charge in [0.15, 0.2) is 11.5 Å². The number of benzene rings is 2. The summed E-state index contributed by atoms with van der Waals surface area (Å²) in [7, 11) is 4.42. The van der Waals surface area contributed by atoms with Crippen molar-refractivity contribution in [2.45, 2.75) is 19.5 Å². The highest BCUT2D eigenvalue weighted by Gasteiger charge is 2.26. The van der Waals surface area contributed by atoms with Gasteiger partial charge in [0.25, 0.3) is 0 Å². The molecule has 0 aliphatic carbocycles. The molecular weight excluding hydrogens is 364 g/mol. The van der Waals surface area contributed by atoms with E-state index in [-0.39, 0.29) is 6.54 Å². The lowest BCUT2D eigenvalue weighted by Crippen LogP contribution is -2.44. The number of carboxylic acid groups (broad SMARTS) is 1. The molecule has 0 saturated carbocycles. The molecule has 2 aromatic carbocycles. The number of nitrogens with one attached hydrogen (secondary N) is 1. The van der Waals surface area contributed by atoms with Gasteiger partial charge < -0.3 is 29.5 Å². The van der Waals surface area contributed by atoms with Gasteiger partial charge in [0.2, 0.25) is 5.75 Å². The van der Waals surface area contributed by atoms with Gasteiger partial charge in [-0.05, 0) is 12.5 Å². The van der Waals surface area contributed by atoms with Crippen LogP contribution in [0.2, 0.25) is 0 Å². The number of carboxylic acids is 1. The first kappa shape index (κ1) is 20.9. The number of hydrogen-bond acceptors (Lipinski definition) is 5. The van der Waals surface area contributed by atoms with Gasteiger partial charge in [-0.25, -0.2) is 9.59 Å². The second kappa shape index (κ2) is 9.50. The molecule has 2 N–H and O–H groups in total. The number of urea groups is 1. The monoisotopic (exact) mass is 388 g/mol. The van der Waals surface area contributed by atoms with Gasteiger partial charge in [-0.3, -0.25) is 0 Å². The van der Waals surface area contributed by atoms with Crippen molar-refractivity contribution in [1.29, 1.82) is 0 Å². The number of carbonyl (C=O) groups excluding carboxylic acids is 1. The molecule has 2 aromatic rings. The van der Waals surface area contributed by atoms with Gasteiger partial charge in [0.1, 0.15) is 6.04 Å². The molecule has 0 saturated heterocycles. The maximum absolute atomic E-state index is 12.9. The molecule has 2 amide bonds. The Morgan fingerprint density at radius 1 is 1.04 bits per heavy atom. The highest BCUT2D eigenvalue weighted by molar-refractivity contribution is 5.93. The largest absolute Gasteiger partial charge is 0.493 e. The van der Waals surface area contributed by atoms with Crippen molar-refractivity contribution < 1.29 is 28.9 Å². The van der Waals surface area contributed by atoms with Gasteiger partial charge >= 0.3 is 12.0 Å². The van der Waals surface area contributed by atoms with Gasteiger partial charge in [-0.2, -0.15) is 0 Å². The molecule has 8 nitrogen and oxygen atoms in total. The summed E-state index contributed by atoms with van der Waals surface area (Å²) < 4.78 is 15.8. The number of ether oxygens (including phenoxy) is 3. The zero-order valence-electron chi connectivity index (χ0n) is 16.3. The molecule has 28 heavy (non-hydrogen) atoms.